The van der Waals surface area contributed by atoms with Crippen molar-refractivity contribution in [3.63, 3.8) is 0 Å². The average molecular weight is 490 g/mol. The van der Waals surface area contributed by atoms with E-state index in [4.69, 9.17) is 14.2 Å². The van der Waals surface area contributed by atoms with Gasteiger partial charge in [0, 0.05) is 30.0 Å². The first-order valence-electron chi connectivity index (χ1n) is 13.0. The van der Waals surface area contributed by atoms with E-state index < -0.39 is 11.7 Å². The highest BCUT2D eigenvalue weighted by atomic mass is 16.5. The van der Waals surface area contributed by atoms with Gasteiger partial charge in [-0.3, -0.25) is 0 Å². The molecule has 3 aromatic carbocycles. The molecule has 1 unspecified atom stereocenters. The Morgan fingerprint density at radius 3 is 2.39 bits per heavy atom. The number of nitrogens with one attached hydrogen (secondary N) is 1. The number of rotatable bonds is 11. The molecule has 0 amide bonds. The molecule has 0 aliphatic carbocycles. The van der Waals surface area contributed by atoms with Crippen molar-refractivity contribution in [3.05, 3.63) is 89.5 Å². The van der Waals surface area contributed by atoms with Gasteiger partial charge in [0.2, 0.25) is 0 Å². The van der Waals surface area contributed by atoms with Crippen molar-refractivity contribution in [2.75, 3.05) is 26.8 Å². The second kappa shape index (κ2) is 11.8. The van der Waals surface area contributed by atoms with Crippen LogP contribution >= 0.6 is 0 Å². The predicted molar refractivity (Wildman–Crippen MR) is 144 cm³/mol. The van der Waals surface area contributed by atoms with Crippen LogP contribution in [0.3, 0.4) is 0 Å². The van der Waals surface area contributed by atoms with Crippen molar-refractivity contribution in [1.29, 1.82) is 0 Å². The molecule has 0 fully saturated rings. The van der Waals surface area contributed by atoms with Crippen molar-refractivity contribution in [3.8, 4) is 17.2 Å². The van der Waals surface area contributed by atoms with Crippen molar-refractivity contribution in [1.82, 2.24) is 5.32 Å². The molecule has 1 aliphatic rings. The highest BCUT2D eigenvalue weighted by Crippen LogP contribution is 2.53. The van der Waals surface area contributed by atoms with Crippen molar-refractivity contribution >= 4 is 0 Å². The molecular formula is C31H39NO4. The molecule has 0 saturated heterocycles. The van der Waals surface area contributed by atoms with Crippen LogP contribution in [0, 0.1) is 0 Å². The molecule has 5 heteroatoms. The number of ether oxygens (including phenoxy) is 3. The highest BCUT2D eigenvalue weighted by Gasteiger charge is 2.45. The molecule has 3 aromatic rings. The van der Waals surface area contributed by atoms with Crippen molar-refractivity contribution in [2.24, 2.45) is 0 Å². The molecule has 3 atom stereocenters. The Kier molecular flexibility index (Phi) is 8.55. The molecule has 1 aliphatic heterocycles. The Labute approximate surface area is 215 Å². The summed E-state index contributed by atoms with van der Waals surface area (Å²) in [7, 11) is 1.68. The monoisotopic (exact) mass is 489 g/mol. The highest BCUT2D eigenvalue weighted by molar-refractivity contribution is 5.52. The number of aliphatic hydroxyl groups excluding tert-OH is 1. The van der Waals surface area contributed by atoms with Gasteiger partial charge in [-0.1, -0.05) is 61.9 Å². The van der Waals surface area contributed by atoms with Crippen LogP contribution in [0.2, 0.25) is 0 Å². The number of aliphatic hydroxyl groups is 1. The second-order valence-electron chi connectivity index (χ2n) is 10.1. The lowest BCUT2D eigenvalue weighted by Crippen LogP contribution is -2.43. The normalized spacial score (nSPS) is 19.1. The quantitative estimate of drug-likeness (QED) is 0.328. The van der Waals surface area contributed by atoms with Gasteiger partial charge >= 0.3 is 0 Å². The summed E-state index contributed by atoms with van der Waals surface area (Å²) in [5.74, 6) is 2.61. The lowest BCUT2D eigenvalue weighted by atomic mass is 9.68. The first kappa shape index (κ1) is 26.1. The number of benzene rings is 3. The fraction of sp³-hybridized carbons (Fsp3) is 0.419. The molecular weight excluding hydrogens is 450 g/mol. The fourth-order valence-electron chi connectivity index (χ4n) is 5.13. The molecule has 0 radical (unpaired) electrons. The summed E-state index contributed by atoms with van der Waals surface area (Å²) in [5, 5.41) is 13.5. The molecule has 5 nitrogen and oxygen atoms in total. The minimum atomic E-state index is -0.540. The van der Waals surface area contributed by atoms with Crippen LogP contribution in [0.4, 0.5) is 0 Å². The molecule has 2 N–H and O–H groups in total. The molecule has 192 valence electrons. The Morgan fingerprint density at radius 2 is 1.69 bits per heavy atom. The number of fused-ring (bicyclic) bond motifs is 1. The summed E-state index contributed by atoms with van der Waals surface area (Å²) < 4.78 is 17.9. The number of unbranched alkanes of at least 4 members (excludes halogenated alkanes) is 1. The van der Waals surface area contributed by atoms with Gasteiger partial charge in [0.25, 0.3) is 0 Å². The summed E-state index contributed by atoms with van der Waals surface area (Å²) in [4.78, 5) is 0. The number of hydrogen-bond donors (Lipinski definition) is 2. The van der Waals surface area contributed by atoms with Crippen LogP contribution in [0.25, 0.3) is 0 Å². The Bertz CT molecular complexity index is 1100. The fourth-order valence-corrected chi connectivity index (χ4v) is 5.13. The van der Waals surface area contributed by atoms with Gasteiger partial charge < -0.3 is 24.6 Å². The van der Waals surface area contributed by atoms with Gasteiger partial charge in [0.1, 0.15) is 35.6 Å². The molecule has 0 saturated carbocycles. The zero-order valence-electron chi connectivity index (χ0n) is 21.9. The summed E-state index contributed by atoms with van der Waals surface area (Å²) in [6.45, 7) is 8.19. The molecule has 0 bridgehead atoms. The van der Waals surface area contributed by atoms with E-state index in [1.807, 2.05) is 30.3 Å². The van der Waals surface area contributed by atoms with E-state index in [1.165, 1.54) is 11.1 Å². The van der Waals surface area contributed by atoms with Crippen LogP contribution in [0.5, 0.6) is 17.2 Å². The van der Waals surface area contributed by atoms with Gasteiger partial charge in [-0.2, -0.15) is 0 Å². The van der Waals surface area contributed by atoms with Gasteiger partial charge in [0.15, 0.2) is 0 Å². The maximum Gasteiger partial charge on any atom is 0.127 e. The van der Waals surface area contributed by atoms with Gasteiger partial charge in [-0.05, 0) is 56.1 Å². The summed E-state index contributed by atoms with van der Waals surface area (Å²) >= 11 is 0. The largest absolute Gasteiger partial charge is 0.497 e. The Hall–Kier alpha value is -3.02. The summed E-state index contributed by atoms with van der Waals surface area (Å²) in [6.07, 6.45) is 1.71. The minimum absolute atomic E-state index is 0.0967. The van der Waals surface area contributed by atoms with Gasteiger partial charge in [-0.25, -0.2) is 0 Å². The Morgan fingerprint density at radius 1 is 0.972 bits per heavy atom. The third-order valence-electron chi connectivity index (χ3n) is 6.94. The van der Waals surface area contributed by atoms with Crippen LogP contribution in [-0.2, 0) is 0 Å². The Balaban J connectivity index is 1.59. The van der Waals surface area contributed by atoms with Gasteiger partial charge in [-0.15, -0.1) is 0 Å². The van der Waals surface area contributed by atoms with Crippen LogP contribution in [0.15, 0.2) is 72.8 Å². The molecule has 0 aromatic heterocycles. The standard InChI is InChI=1S/C31H39NO4/c1-5-6-18-32-20-24(33)21-35-25-14-12-22(13-15-25)29-27-17-16-26(34-4)19-28(27)36-31(2,3)30(29)23-10-8-7-9-11-23/h7-17,19,24,29-30,32-33H,5-6,18,20-21H2,1-4H3/t24?,29-,30+/m1/s1. The minimum Gasteiger partial charge on any atom is -0.497 e. The van der Waals surface area contributed by atoms with E-state index in [-0.39, 0.29) is 18.4 Å². The summed E-state index contributed by atoms with van der Waals surface area (Å²) in [5.41, 5.74) is 3.15. The number of hydrogen-bond acceptors (Lipinski definition) is 5. The first-order valence-corrected chi connectivity index (χ1v) is 13.0. The average Bonchev–Trinajstić information content (AvgIpc) is 2.89. The SMILES string of the molecule is CCCCNCC(O)COc1ccc([C@@H]2c3ccc(OC)cc3OC(C)(C)[C@H]2c2ccccc2)cc1. The third kappa shape index (κ3) is 6.03. The zero-order chi connectivity index (χ0) is 25.5. The van der Waals surface area contributed by atoms with Crippen molar-refractivity contribution in [2.45, 2.75) is 57.2 Å². The maximum absolute atomic E-state index is 10.2. The van der Waals surface area contributed by atoms with E-state index in [0.717, 1.165) is 42.2 Å². The third-order valence-corrected chi connectivity index (χ3v) is 6.94. The second-order valence-corrected chi connectivity index (χ2v) is 10.1. The summed E-state index contributed by atoms with van der Waals surface area (Å²) in [6, 6.07) is 25.0. The molecule has 0 spiro atoms. The van der Waals surface area contributed by atoms with E-state index in [2.05, 4.69) is 68.6 Å². The smallest absolute Gasteiger partial charge is 0.127 e. The number of methoxy groups -OCH3 is 1. The van der Waals surface area contributed by atoms with Gasteiger partial charge in [0.05, 0.1) is 7.11 Å². The molecule has 1 heterocycles. The molecule has 36 heavy (non-hydrogen) atoms. The van der Waals surface area contributed by atoms with E-state index in [1.54, 1.807) is 7.11 Å². The predicted octanol–water partition coefficient (Wildman–Crippen LogP) is 5.91. The maximum atomic E-state index is 10.2. The topological polar surface area (TPSA) is 60.0 Å². The lowest BCUT2D eigenvalue weighted by molar-refractivity contribution is 0.0528. The van der Waals surface area contributed by atoms with Crippen molar-refractivity contribution < 1.29 is 19.3 Å². The zero-order valence-corrected chi connectivity index (χ0v) is 21.9. The molecule has 4 rings (SSSR count). The first-order chi connectivity index (χ1) is 17.4. The van der Waals surface area contributed by atoms with E-state index in [0.29, 0.717) is 6.54 Å². The van der Waals surface area contributed by atoms with Crippen LogP contribution in [0.1, 0.15) is 62.1 Å². The van der Waals surface area contributed by atoms with Crippen LogP contribution < -0.4 is 19.5 Å². The lowest BCUT2D eigenvalue weighted by Gasteiger charge is -2.45. The van der Waals surface area contributed by atoms with Crippen LogP contribution in [-0.4, -0.2) is 43.6 Å². The van der Waals surface area contributed by atoms with E-state index >= 15 is 0 Å². The van der Waals surface area contributed by atoms with E-state index in [9.17, 15) is 5.11 Å².